The molecule has 2 rings (SSSR count). The van der Waals surface area contributed by atoms with E-state index in [0.29, 0.717) is 0 Å². The van der Waals surface area contributed by atoms with Gasteiger partial charge in [-0.1, -0.05) is 0 Å². The summed E-state index contributed by atoms with van der Waals surface area (Å²) < 4.78 is 1.53. The Morgan fingerprint density at radius 1 is 1.69 bits per heavy atom. The Hall–Kier alpha value is -1.57. The van der Waals surface area contributed by atoms with E-state index in [1.807, 2.05) is 0 Å². The lowest BCUT2D eigenvalue weighted by molar-refractivity contribution is 0.438. The Kier molecular flexibility index (Phi) is 1.89. The molecule has 1 aliphatic carbocycles. The Bertz CT molecular complexity index is 385. The van der Waals surface area contributed by atoms with Crippen LogP contribution in [-0.2, 0) is 0 Å². The van der Waals surface area contributed by atoms with Crippen LogP contribution >= 0.6 is 0 Å². The summed E-state index contributed by atoms with van der Waals surface area (Å²) in [4.78, 5) is 11.2. The van der Waals surface area contributed by atoms with Crippen LogP contribution in [0.2, 0.25) is 0 Å². The number of rotatable bonds is 1. The highest BCUT2D eigenvalue weighted by Crippen LogP contribution is 2.33. The number of nitrogens with one attached hydrogen (secondary N) is 1. The highest BCUT2D eigenvalue weighted by molar-refractivity contribution is 4.96. The van der Waals surface area contributed by atoms with Gasteiger partial charge in [0.15, 0.2) is 0 Å². The van der Waals surface area contributed by atoms with Crippen LogP contribution in [0.4, 0.5) is 0 Å². The van der Waals surface area contributed by atoms with Crippen molar-refractivity contribution < 1.29 is 0 Å². The second-order valence-corrected chi connectivity index (χ2v) is 3.30. The summed E-state index contributed by atoms with van der Waals surface area (Å²) in [5.74, 6) is -0.0321. The quantitative estimate of drug-likeness (QED) is 0.677. The van der Waals surface area contributed by atoms with Crippen molar-refractivity contribution in [3.8, 4) is 6.07 Å². The molecule has 5 nitrogen and oxygen atoms in total. The van der Waals surface area contributed by atoms with Gasteiger partial charge in [-0.25, -0.2) is 9.89 Å². The molecule has 1 aromatic heterocycles. The van der Waals surface area contributed by atoms with E-state index in [1.165, 1.54) is 10.9 Å². The fourth-order valence-electron chi connectivity index (χ4n) is 1.92. The maximum atomic E-state index is 11.2. The minimum atomic E-state index is -0.216. The summed E-state index contributed by atoms with van der Waals surface area (Å²) in [5, 5.41) is 14.8. The van der Waals surface area contributed by atoms with Crippen LogP contribution in [0.1, 0.15) is 25.3 Å². The molecule has 68 valence electrons. The SMILES string of the molecule is N#CC1CCCC1n1cn[nH]c1=O. The second-order valence-electron chi connectivity index (χ2n) is 3.30. The zero-order chi connectivity index (χ0) is 9.26. The minimum Gasteiger partial charge on any atom is -0.277 e. The number of H-pyrrole nitrogens is 1. The standard InChI is InChI=1S/C8H10N4O/c9-4-6-2-1-3-7(6)12-5-10-11-8(12)13/h5-7H,1-3H2,(H,11,13). The van der Waals surface area contributed by atoms with E-state index in [-0.39, 0.29) is 17.6 Å². The second kappa shape index (κ2) is 3.05. The molecule has 0 aromatic carbocycles. The van der Waals surface area contributed by atoms with E-state index < -0.39 is 0 Å². The molecule has 1 heterocycles. The fourth-order valence-corrected chi connectivity index (χ4v) is 1.92. The van der Waals surface area contributed by atoms with E-state index >= 15 is 0 Å². The maximum Gasteiger partial charge on any atom is 0.343 e. The van der Waals surface area contributed by atoms with Crippen LogP contribution < -0.4 is 5.69 Å². The van der Waals surface area contributed by atoms with Gasteiger partial charge in [-0.3, -0.25) is 4.57 Å². The molecular formula is C8H10N4O. The lowest BCUT2D eigenvalue weighted by Crippen LogP contribution is -2.23. The molecule has 0 saturated heterocycles. The van der Waals surface area contributed by atoms with E-state index in [0.717, 1.165) is 19.3 Å². The first-order valence-corrected chi connectivity index (χ1v) is 4.34. The highest BCUT2D eigenvalue weighted by Gasteiger charge is 2.29. The van der Waals surface area contributed by atoms with E-state index in [2.05, 4.69) is 16.3 Å². The van der Waals surface area contributed by atoms with Gasteiger partial charge in [-0.2, -0.15) is 10.4 Å². The van der Waals surface area contributed by atoms with Gasteiger partial charge in [-0.05, 0) is 19.3 Å². The van der Waals surface area contributed by atoms with Crippen molar-refractivity contribution in [2.24, 2.45) is 5.92 Å². The molecule has 1 saturated carbocycles. The van der Waals surface area contributed by atoms with Crippen LogP contribution in [0.5, 0.6) is 0 Å². The molecular weight excluding hydrogens is 168 g/mol. The van der Waals surface area contributed by atoms with Gasteiger partial charge in [0.05, 0.1) is 18.0 Å². The molecule has 0 bridgehead atoms. The molecule has 2 unspecified atom stereocenters. The predicted octanol–water partition coefficient (Wildman–Crippen LogP) is 0.436. The average molecular weight is 178 g/mol. The molecule has 1 aliphatic rings. The molecule has 1 aromatic rings. The number of hydrogen-bond acceptors (Lipinski definition) is 3. The molecule has 13 heavy (non-hydrogen) atoms. The van der Waals surface area contributed by atoms with E-state index in [4.69, 9.17) is 5.26 Å². The molecule has 0 radical (unpaired) electrons. The molecule has 5 heteroatoms. The third-order valence-electron chi connectivity index (χ3n) is 2.58. The zero-order valence-electron chi connectivity index (χ0n) is 7.10. The molecule has 0 spiro atoms. The Labute approximate surface area is 75.0 Å². The van der Waals surface area contributed by atoms with Crippen molar-refractivity contribution in [3.63, 3.8) is 0 Å². The normalized spacial score (nSPS) is 27.3. The third-order valence-corrected chi connectivity index (χ3v) is 2.58. The summed E-state index contributed by atoms with van der Waals surface area (Å²) in [5.41, 5.74) is -0.216. The lowest BCUT2D eigenvalue weighted by atomic mass is 10.1. The largest absolute Gasteiger partial charge is 0.343 e. The fraction of sp³-hybridized carbons (Fsp3) is 0.625. The minimum absolute atomic E-state index is 0.0243. The highest BCUT2D eigenvalue weighted by atomic mass is 16.1. The summed E-state index contributed by atoms with van der Waals surface area (Å²) in [6, 6.07) is 2.25. The Balaban J connectivity index is 2.32. The van der Waals surface area contributed by atoms with Crippen LogP contribution in [-0.4, -0.2) is 14.8 Å². The molecule has 2 atom stereocenters. The van der Waals surface area contributed by atoms with Crippen LogP contribution in [0.3, 0.4) is 0 Å². The topological polar surface area (TPSA) is 74.5 Å². The van der Waals surface area contributed by atoms with Gasteiger partial charge in [0.2, 0.25) is 0 Å². The molecule has 1 fully saturated rings. The van der Waals surface area contributed by atoms with Crippen molar-refractivity contribution >= 4 is 0 Å². The first-order chi connectivity index (χ1) is 6.33. The molecule has 0 aliphatic heterocycles. The number of hydrogen-bond donors (Lipinski definition) is 1. The van der Waals surface area contributed by atoms with Crippen LogP contribution in [0.25, 0.3) is 0 Å². The van der Waals surface area contributed by atoms with Crippen molar-refractivity contribution in [2.75, 3.05) is 0 Å². The lowest BCUT2D eigenvalue weighted by Gasteiger charge is -2.12. The summed E-state index contributed by atoms with van der Waals surface area (Å²) >= 11 is 0. The third kappa shape index (κ3) is 1.24. The van der Waals surface area contributed by atoms with Gasteiger partial charge >= 0.3 is 5.69 Å². The zero-order valence-corrected chi connectivity index (χ0v) is 7.10. The predicted molar refractivity (Wildman–Crippen MR) is 44.8 cm³/mol. The van der Waals surface area contributed by atoms with Crippen molar-refractivity contribution in [2.45, 2.75) is 25.3 Å². The van der Waals surface area contributed by atoms with Crippen molar-refractivity contribution in [1.82, 2.24) is 14.8 Å². The summed E-state index contributed by atoms with van der Waals surface area (Å²) in [6.07, 6.45) is 4.28. The van der Waals surface area contributed by atoms with Crippen LogP contribution in [0.15, 0.2) is 11.1 Å². The van der Waals surface area contributed by atoms with Crippen LogP contribution in [0, 0.1) is 17.2 Å². The molecule has 1 N–H and O–H groups in total. The Morgan fingerprint density at radius 3 is 3.15 bits per heavy atom. The number of aromatic amines is 1. The first kappa shape index (κ1) is 8.05. The number of aromatic nitrogens is 3. The molecule has 0 amide bonds. The smallest absolute Gasteiger partial charge is 0.277 e. The maximum absolute atomic E-state index is 11.2. The number of nitriles is 1. The van der Waals surface area contributed by atoms with Gasteiger partial charge < -0.3 is 0 Å². The average Bonchev–Trinajstić information content (AvgIpc) is 2.71. The van der Waals surface area contributed by atoms with Crippen molar-refractivity contribution in [1.29, 1.82) is 5.26 Å². The van der Waals surface area contributed by atoms with Gasteiger partial charge in [-0.15, -0.1) is 0 Å². The summed E-state index contributed by atoms with van der Waals surface area (Å²) in [7, 11) is 0. The van der Waals surface area contributed by atoms with Gasteiger partial charge in [0.1, 0.15) is 6.33 Å². The first-order valence-electron chi connectivity index (χ1n) is 4.34. The Morgan fingerprint density at radius 2 is 2.54 bits per heavy atom. The number of nitrogens with zero attached hydrogens (tertiary/aromatic N) is 3. The summed E-state index contributed by atoms with van der Waals surface area (Å²) in [6.45, 7) is 0. The van der Waals surface area contributed by atoms with Gasteiger partial charge in [0, 0.05) is 0 Å². The monoisotopic (exact) mass is 178 g/mol. The van der Waals surface area contributed by atoms with E-state index in [1.54, 1.807) is 0 Å². The van der Waals surface area contributed by atoms with Crippen molar-refractivity contribution in [3.05, 3.63) is 16.8 Å². The van der Waals surface area contributed by atoms with E-state index in [9.17, 15) is 4.79 Å². The van der Waals surface area contributed by atoms with Gasteiger partial charge in [0.25, 0.3) is 0 Å².